The molecular weight excluding hydrogens is 250 g/mol. The van der Waals surface area contributed by atoms with Crippen LogP contribution in [0.2, 0.25) is 0 Å². The minimum Gasteiger partial charge on any atom is -0.397 e. The van der Waals surface area contributed by atoms with Crippen molar-refractivity contribution in [1.82, 2.24) is 5.32 Å². The van der Waals surface area contributed by atoms with Gasteiger partial charge < -0.3 is 16.4 Å². The Kier molecular flexibility index (Phi) is 6.36. The zero-order chi connectivity index (χ0) is 15.1. The standard InChI is InChI=1S/C16H27N3O/c1-5-12(6-2)11(4)19-15-9-8-13(10-14(15)17)16(20)18-7-3/h8-12,19H,5-7,17H2,1-4H3,(H,18,20). The number of carbonyl (C=O) groups excluding carboxylic acids is 1. The van der Waals surface area contributed by atoms with Crippen LogP contribution in [0.15, 0.2) is 18.2 Å². The summed E-state index contributed by atoms with van der Waals surface area (Å²) >= 11 is 0. The first-order chi connectivity index (χ1) is 9.53. The second kappa shape index (κ2) is 7.78. The highest BCUT2D eigenvalue weighted by atomic mass is 16.1. The van der Waals surface area contributed by atoms with Crippen LogP contribution < -0.4 is 16.4 Å². The van der Waals surface area contributed by atoms with Gasteiger partial charge in [-0.05, 0) is 38.0 Å². The topological polar surface area (TPSA) is 67.2 Å². The monoisotopic (exact) mass is 277 g/mol. The Morgan fingerprint density at radius 2 is 1.90 bits per heavy atom. The number of hydrogen-bond acceptors (Lipinski definition) is 3. The predicted molar refractivity (Wildman–Crippen MR) is 86.0 cm³/mol. The first kappa shape index (κ1) is 16.3. The first-order valence-electron chi connectivity index (χ1n) is 7.47. The van der Waals surface area contributed by atoms with E-state index in [1.165, 1.54) is 0 Å². The molecule has 1 unspecified atom stereocenters. The minimum atomic E-state index is -0.0845. The molecule has 1 atom stereocenters. The van der Waals surface area contributed by atoms with Crippen molar-refractivity contribution < 1.29 is 4.79 Å². The lowest BCUT2D eigenvalue weighted by Gasteiger charge is -2.24. The van der Waals surface area contributed by atoms with Crippen LogP contribution in [0.25, 0.3) is 0 Å². The third-order valence-corrected chi connectivity index (χ3v) is 3.79. The van der Waals surface area contributed by atoms with Gasteiger partial charge in [-0.3, -0.25) is 4.79 Å². The van der Waals surface area contributed by atoms with Crippen LogP contribution in [0.4, 0.5) is 11.4 Å². The Morgan fingerprint density at radius 1 is 1.25 bits per heavy atom. The number of carbonyl (C=O) groups is 1. The molecule has 112 valence electrons. The third kappa shape index (κ3) is 4.15. The average Bonchev–Trinajstić information content (AvgIpc) is 2.42. The van der Waals surface area contributed by atoms with E-state index in [-0.39, 0.29) is 5.91 Å². The molecule has 0 saturated carbocycles. The zero-order valence-corrected chi connectivity index (χ0v) is 13.0. The van der Waals surface area contributed by atoms with E-state index in [0.717, 1.165) is 18.5 Å². The Hall–Kier alpha value is -1.71. The van der Waals surface area contributed by atoms with Gasteiger partial charge in [0.05, 0.1) is 11.4 Å². The molecule has 0 spiro atoms. The molecule has 0 heterocycles. The van der Waals surface area contributed by atoms with Gasteiger partial charge in [-0.25, -0.2) is 0 Å². The van der Waals surface area contributed by atoms with Crippen molar-refractivity contribution in [1.29, 1.82) is 0 Å². The molecule has 1 amide bonds. The van der Waals surface area contributed by atoms with E-state index in [4.69, 9.17) is 5.73 Å². The van der Waals surface area contributed by atoms with Gasteiger partial charge in [0.2, 0.25) is 0 Å². The van der Waals surface area contributed by atoms with E-state index in [0.29, 0.717) is 29.8 Å². The number of nitrogens with two attached hydrogens (primary N) is 1. The molecule has 4 N–H and O–H groups in total. The van der Waals surface area contributed by atoms with Crippen molar-refractivity contribution in [3.63, 3.8) is 0 Å². The second-order valence-corrected chi connectivity index (χ2v) is 5.17. The highest BCUT2D eigenvalue weighted by molar-refractivity contribution is 5.96. The molecule has 1 aromatic rings. The molecule has 4 heteroatoms. The molecule has 1 aromatic carbocycles. The van der Waals surface area contributed by atoms with Gasteiger partial charge >= 0.3 is 0 Å². The lowest BCUT2D eigenvalue weighted by atomic mass is 9.95. The van der Waals surface area contributed by atoms with Crippen molar-refractivity contribution in [2.75, 3.05) is 17.6 Å². The molecule has 0 aliphatic heterocycles. The van der Waals surface area contributed by atoms with Crippen LogP contribution in [0, 0.1) is 5.92 Å². The Labute approximate surface area is 122 Å². The van der Waals surface area contributed by atoms with Crippen LogP contribution in [-0.2, 0) is 0 Å². The summed E-state index contributed by atoms with van der Waals surface area (Å²) < 4.78 is 0. The first-order valence-corrected chi connectivity index (χ1v) is 7.47. The normalized spacial score (nSPS) is 12.2. The van der Waals surface area contributed by atoms with E-state index >= 15 is 0 Å². The van der Waals surface area contributed by atoms with Gasteiger partial charge in [0, 0.05) is 18.2 Å². The van der Waals surface area contributed by atoms with Crippen LogP contribution in [0.5, 0.6) is 0 Å². The summed E-state index contributed by atoms with van der Waals surface area (Å²) in [4.78, 5) is 11.7. The van der Waals surface area contributed by atoms with Crippen LogP contribution in [-0.4, -0.2) is 18.5 Å². The van der Waals surface area contributed by atoms with Crippen molar-refractivity contribution >= 4 is 17.3 Å². The maximum Gasteiger partial charge on any atom is 0.251 e. The number of amides is 1. The lowest BCUT2D eigenvalue weighted by molar-refractivity contribution is 0.0956. The van der Waals surface area contributed by atoms with Crippen LogP contribution in [0.3, 0.4) is 0 Å². The van der Waals surface area contributed by atoms with Gasteiger partial charge in [-0.1, -0.05) is 26.7 Å². The summed E-state index contributed by atoms with van der Waals surface area (Å²) in [5, 5.41) is 6.22. The zero-order valence-electron chi connectivity index (χ0n) is 13.0. The molecule has 0 fully saturated rings. The third-order valence-electron chi connectivity index (χ3n) is 3.79. The van der Waals surface area contributed by atoms with Crippen molar-refractivity contribution in [3.8, 4) is 0 Å². The van der Waals surface area contributed by atoms with Crippen molar-refractivity contribution in [2.45, 2.75) is 46.6 Å². The fourth-order valence-corrected chi connectivity index (χ4v) is 2.46. The SMILES string of the molecule is CCNC(=O)c1ccc(NC(C)C(CC)CC)c(N)c1. The van der Waals surface area contributed by atoms with E-state index in [9.17, 15) is 4.79 Å². The van der Waals surface area contributed by atoms with Crippen LogP contribution >= 0.6 is 0 Å². The molecule has 4 nitrogen and oxygen atoms in total. The van der Waals surface area contributed by atoms with E-state index < -0.39 is 0 Å². The van der Waals surface area contributed by atoms with Crippen molar-refractivity contribution in [2.24, 2.45) is 5.92 Å². The summed E-state index contributed by atoms with van der Waals surface area (Å²) in [5.74, 6) is 0.538. The molecule has 0 aliphatic rings. The molecule has 1 rings (SSSR count). The lowest BCUT2D eigenvalue weighted by Crippen LogP contribution is -2.26. The molecule has 0 radical (unpaired) electrons. The Balaban J connectivity index is 2.80. The van der Waals surface area contributed by atoms with Crippen molar-refractivity contribution in [3.05, 3.63) is 23.8 Å². The smallest absolute Gasteiger partial charge is 0.251 e. The van der Waals surface area contributed by atoms with Gasteiger partial charge in [-0.2, -0.15) is 0 Å². The minimum absolute atomic E-state index is 0.0845. The number of hydrogen-bond donors (Lipinski definition) is 3. The summed E-state index contributed by atoms with van der Waals surface area (Å²) in [6.07, 6.45) is 2.28. The number of nitrogens with one attached hydrogen (secondary N) is 2. The molecule has 0 bridgehead atoms. The molecule has 0 aromatic heterocycles. The van der Waals surface area contributed by atoms with Gasteiger partial charge in [0.15, 0.2) is 0 Å². The number of anilines is 2. The quantitative estimate of drug-likeness (QED) is 0.670. The number of rotatable bonds is 7. The highest BCUT2D eigenvalue weighted by Crippen LogP contribution is 2.24. The molecule has 0 saturated heterocycles. The maximum absolute atomic E-state index is 11.7. The van der Waals surface area contributed by atoms with Crippen LogP contribution in [0.1, 0.15) is 50.9 Å². The average molecular weight is 277 g/mol. The maximum atomic E-state index is 11.7. The van der Waals surface area contributed by atoms with Gasteiger partial charge in [0.25, 0.3) is 5.91 Å². The van der Waals surface area contributed by atoms with E-state index in [1.807, 2.05) is 19.1 Å². The van der Waals surface area contributed by atoms with E-state index in [1.54, 1.807) is 6.07 Å². The fraction of sp³-hybridized carbons (Fsp3) is 0.562. The largest absolute Gasteiger partial charge is 0.397 e. The molecule has 20 heavy (non-hydrogen) atoms. The summed E-state index contributed by atoms with van der Waals surface area (Å²) in [6.45, 7) is 9.09. The summed E-state index contributed by atoms with van der Waals surface area (Å²) in [5.41, 5.74) is 8.16. The van der Waals surface area contributed by atoms with Gasteiger partial charge in [0.1, 0.15) is 0 Å². The van der Waals surface area contributed by atoms with Gasteiger partial charge in [-0.15, -0.1) is 0 Å². The second-order valence-electron chi connectivity index (χ2n) is 5.17. The highest BCUT2D eigenvalue weighted by Gasteiger charge is 2.15. The Bertz CT molecular complexity index is 441. The summed E-state index contributed by atoms with van der Waals surface area (Å²) in [7, 11) is 0. The Morgan fingerprint density at radius 3 is 2.40 bits per heavy atom. The van der Waals surface area contributed by atoms with E-state index in [2.05, 4.69) is 31.4 Å². The summed E-state index contributed by atoms with van der Waals surface area (Å²) in [6, 6.07) is 5.79. The molecular formula is C16H27N3O. The predicted octanol–water partition coefficient (Wildman–Crippen LogP) is 3.26. The molecule has 0 aliphatic carbocycles. The fourth-order valence-electron chi connectivity index (χ4n) is 2.46. The number of benzene rings is 1. The number of nitrogen functional groups attached to an aromatic ring is 1.